The fourth-order valence-electron chi connectivity index (χ4n) is 4.32. The standard InChI is InChI=1S/C20H27NO5/c1-14-5-6-15(13-16(14)26-2)19(7-3-4-8-19)17(22)21-11-9-20(25,10-12-21)18(23)24/h5-6,13,25H,3-4,7-12H2,1-2H3,(H,23,24). The third-order valence-corrected chi connectivity index (χ3v) is 6.10. The van der Waals surface area contributed by atoms with Crippen molar-refractivity contribution < 1.29 is 24.5 Å². The van der Waals surface area contributed by atoms with Crippen molar-refractivity contribution in [3.63, 3.8) is 0 Å². The van der Waals surface area contributed by atoms with Crippen LogP contribution in [0.25, 0.3) is 0 Å². The minimum atomic E-state index is -1.72. The molecule has 3 rings (SSSR count). The van der Waals surface area contributed by atoms with E-state index >= 15 is 0 Å². The Hall–Kier alpha value is -2.08. The number of carbonyl (C=O) groups excluding carboxylic acids is 1. The molecule has 0 atom stereocenters. The number of hydrogen-bond donors (Lipinski definition) is 2. The highest BCUT2D eigenvalue weighted by molar-refractivity contribution is 5.89. The average Bonchev–Trinajstić information content (AvgIpc) is 3.13. The number of methoxy groups -OCH3 is 1. The molecular weight excluding hydrogens is 334 g/mol. The van der Waals surface area contributed by atoms with Crippen LogP contribution in [0.4, 0.5) is 0 Å². The second kappa shape index (κ2) is 6.91. The summed E-state index contributed by atoms with van der Waals surface area (Å²) in [6.45, 7) is 2.52. The second-order valence-corrected chi connectivity index (χ2v) is 7.60. The van der Waals surface area contributed by atoms with Crippen molar-refractivity contribution in [2.45, 2.75) is 56.5 Å². The van der Waals surface area contributed by atoms with Crippen molar-refractivity contribution in [2.75, 3.05) is 20.2 Å². The van der Waals surface area contributed by atoms with Crippen LogP contribution in [0.5, 0.6) is 5.75 Å². The second-order valence-electron chi connectivity index (χ2n) is 7.60. The van der Waals surface area contributed by atoms with Gasteiger partial charge in [0.25, 0.3) is 0 Å². The molecule has 1 saturated carbocycles. The lowest BCUT2D eigenvalue weighted by molar-refractivity contribution is -0.166. The predicted octanol–water partition coefficient (Wildman–Crippen LogP) is 2.25. The molecule has 6 heteroatoms. The number of nitrogens with zero attached hydrogens (tertiary/aromatic N) is 1. The highest BCUT2D eigenvalue weighted by Gasteiger charge is 2.48. The molecule has 0 unspecified atom stereocenters. The van der Waals surface area contributed by atoms with Gasteiger partial charge in [-0.25, -0.2) is 4.79 Å². The predicted molar refractivity (Wildman–Crippen MR) is 96.3 cm³/mol. The van der Waals surface area contributed by atoms with Gasteiger partial charge in [-0.3, -0.25) is 4.79 Å². The molecule has 1 aromatic carbocycles. The first-order valence-electron chi connectivity index (χ1n) is 9.23. The molecule has 1 heterocycles. The summed E-state index contributed by atoms with van der Waals surface area (Å²) in [5, 5.41) is 19.3. The van der Waals surface area contributed by atoms with Crippen LogP contribution in [0.15, 0.2) is 18.2 Å². The number of carboxylic acids is 1. The van der Waals surface area contributed by atoms with Crippen LogP contribution in [0.3, 0.4) is 0 Å². The third-order valence-electron chi connectivity index (χ3n) is 6.10. The van der Waals surface area contributed by atoms with Gasteiger partial charge < -0.3 is 19.8 Å². The van der Waals surface area contributed by atoms with Crippen LogP contribution in [-0.4, -0.2) is 52.8 Å². The van der Waals surface area contributed by atoms with Crippen LogP contribution >= 0.6 is 0 Å². The Bertz CT molecular complexity index is 700. The zero-order chi connectivity index (χ0) is 18.9. The Morgan fingerprint density at radius 3 is 2.27 bits per heavy atom. The molecule has 0 bridgehead atoms. The summed E-state index contributed by atoms with van der Waals surface area (Å²) in [6.07, 6.45) is 3.71. The molecule has 0 radical (unpaired) electrons. The lowest BCUT2D eigenvalue weighted by Gasteiger charge is -2.40. The summed E-state index contributed by atoms with van der Waals surface area (Å²) in [5.74, 6) is -0.378. The van der Waals surface area contributed by atoms with E-state index in [9.17, 15) is 19.8 Å². The van der Waals surface area contributed by atoms with Gasteiger partial charge >= 0.3 is 5.97 Å². The highest BCUT2D eigenvalue weighted by Crippen LogP contribution is 2.44. The van der Waals surface area contributed by atoms with Gasteiger partial charge in [-0.05, 0) is 37.0 Å². The van der Waals surface area contributed by atoms with Crippen LogP contribution in [0.2, 0.25) is 0 Å². The molecule has 142 valence electrons. The van der Waals surface area contributed by atoms with Crippen LogP contribution in [0.1, 0.15) is 49.7 Å². The smallest absolute Gasteiger partial charge is 0.335 e. The number of hydrogen-bond acceptors (Lipinski definition) is 4. The Labute approximate surface area is 153 Å². The Morgan fingerprint density at radius 2 is 1.73 bits per heavy atom. The maximum Gasteiger partial charge on any atom is 0.335 e. The Morgan fingerprint density at radius 1 is 1.12 bits per heavy atom. The Kier molecular flexibility index (Phi) is 4.97. The number of carbonyl (C=O) groups is 2. The molecule has 1 amide bonds. The normalized spacial score (nSPS) is 21.4. The van der Waals surface area contributed by atoms with Gasteiger partial charge in [0.15, 0.2) is 5.60 Å². The van der Waals surface area contributed by atoms with E-state index in [2.05, 4.69) is 0 Å². The molecule has 1 aliphatic carbocycles. The lowest BCUT2D eigenvalue weighted by Crippen LogP contribution is -2.54. The number of likely N-dealkylation sites (tertiary alicyclic amines) is 1. The summed E-state index contributed by atoms with van der Waals surface area (Å²) in [4.78, 5) is 26.4. The number of aliphatic hydroxyl groups is 1. The van der Waals surface area contributed by atoms with E-state index in [0.717, 1.165) is 42.6 Å². The highest BCUT2D eigenvalue weighted by atomic mass is 16.5. The summed E-state index contributed by atoms with van der Waals surface area (Å²) in [5.41, 5.74) is -0.283. The zero-order valence-electron chi connectivity index (χ0n) is 15.5. The van der Waals surface area contributed by atoms with Gasteiger partial charge in [0.2, 0.25) is 5.91 Å². The third kappa shape index (κ3) is 3.07. The van der Waals surface area contributed by atoms with E-state index in [1.165, 1.54) is 0 Å². The Balaban J connectivity index is 1.86. The number of rotatable bonds is 4. The summed E-state index contributed by atoms with van der Waals surface area (Å²) in [6, 6.07) is 5.97. The fraction of sp³-hybridized carbons (Fsp3) is 0.600. The van der Waals surface area contributed by atoms with E-state index < -0.39 is 17.0 Å². The van der Waals surface area contributed by atoms with Crippen molar-refractivity contribution in [1.29, 1.82) is 0 Å². The number of aryl methyl sites for hydroxylation is 1. The van der Waals surface area contributed by atoms with Gasteiger partial charge in [0.1, 0.15) is 5.75 Å². The number of piperidine rings is 1. The molecule has 2 fully saturated rings. The summed E-state index contributed by atoms with van der Waals surface area (Å²) >= 11 is 0. The van der Waals surface area contributed by atoms with Crippen molar-refractivity contribution in [3.05, 3.63) is 29.3 Å². The molecule has 1 saturated heterocycles. The maximum absolute atomic E-state index is 13.4. The minimum Gasteiger partial charge on any atom is -0.496 e. The largest absolute Gasteiger partial charge is 0.496 e. The molecule has 2 aliphatic rings. The number of ether oxygens (including phenoxy) is 1. The number of benzene rings is 1. The van der Waals surface area contributed by atoms with E-state index in [4.69, 9.17) is 4.74 Å². The van der Waals surface area contributed by atoms with E-state index in [-0.39, 0.29) is 31.8 Å². The molecule has 2 N–H and O–H groups in total. The summed E-state index contributed by atoms with van der Waals surface area (Å²) < 4.78 is 5.45. The summed E-state index contributed by atoms with van der Waals surface area (Å²) in [7, 11) is 1.63. The maximum atomic E-state index is 13.4. The monoisotopic (exact) mass is 361 g/mol. The quantitative estimate of drug-likeness (QED) is 0.859. The van der Waals surface area contributed by atoms with Gasteiger partial charge in [-0.1, -0.05) is 25.0 Å². The molecule has 1 aliphatic heterocycles. The van der Waals surface area contributed by atoms with Crippen LogP contribution < -0.4 is 4.74 Å². The minimum absolute atomic E-state index is 0.0494. The van der Waals surface area contributed by atoms with Crippen molar-refractivity contribution in [1.82, 2.24) is 4.90 Å². The van der Waals surface area contributed by atoms with Gasteiger partial charge in [-0.2, -0.15) is 0 Å². The van der Waals surface area contributed by atoms with Crippen LogP contribution in [0, 0.1) is 6.92 Å². The molecule has 0 spiro atoms. The average molecular weight is 361 g/mol. The molecule has 6 nitrogen and oxygen atoms in total. The van der Waals surface area contributed by atoms with E-state index in [1.54, 1.807) is 12.0 Å². The number of carboxylic acid groups (broad SMARTS) is 1. The number of amides is 1. The SMILES string of the molecule is COc1cc(C2(C(=O)N3CCC(O)(C(=O)O)CC3)CCCC2)ccc1C. The topological polar surface area (TPSA) is 87.1 Å². The van der Waals surface area contributed by atoms with Crippen molar-refractivity contribution >= 4 is 11.9 Å². The molecule has 26 heavy (non-hydrogen) atoms. The van der Waals surface area contributed by atoms with Crippen LogP contribution in [-0.2, 0) is 15.0 Å². The number of aliphatic carboxylic acids is 1. The van der Waals surface area contributed by atoms with E-state index in [0.29, 0.717) is 0 Å². The zero-order valence-corrected chi connectivity index (χ0v) is 15.5. The first-order valence-corrected chi connectivity index (χ1v) is 9.23. The first-order chi connectivity index (χ1) is 12.3. The fourth-order valence-corrected chi connectivity index (χ4v) is 4.32. The molecule has 1 aromatic rings. The van der Waals surface area contributed by atoms with Crippen molar-refractivity contribution in [2.24, 2.45) is 0 Å². The van der Waals surface area contributed by atoms with Gasteiger partial charge in [-0.15, -0.1) is 0 Å². The first kappa shape index (κ1) is 18.7. The van der Waals surface area contributed by atoms with E-state index in [1.807, 2.05) is 25.1 Å². The molecular formula is C20H27NO5. The van der Waals surface area contributed by atoms with Crippen molar-refractivity contribution in [3.8, 4) is 5.75 Å². The lowest BCUT2D eigenvalue weighted by atomic mass is 9.76. The van der Waals surface area contributed by atoms with Gasteiger partial charge in [0.05, 0.1) is 12.5 Å². The van der Waals surface area contributed by atoms with Gasteiger partial charge in [0, 0.05) is 25.9 Å². The molecule has 0 aromatic heterocycles.